The second kappa shape index (κ2) is 5.83. The molecule has 0 saturated heterocycles. The van der Waals surface area contributed by atoms with E-state index >= 15 is 0 Å². The summed E-state index contributed by atoms with van der Waals surface area (Å²) >= 11 is 5.80. The van der Waals surface area contributed by atoms with E-state index in [0.717, 1.165) is 11.4 Å². The van der Waals surface area contributed by atoms with E-state index in [1.54, 1.807) is 12.3 Å². The Hall–Kier alpha value is -1.61. The Labute approximate surface area is 111 Å². The van der Waals surface area contributed by atoms with Crippen LogP contribution >= 0.6 is 11.6 Å². The average molecular weight is 265 g/mol. The summed E-state index contributed by atoms with van der Waals surface area (Å²) in [6.45, 7) is 0.619. The fourth-order valence-corrected chi connectivity index (χ4v) is 2.12. The molecule has 0 aliphatic heterocycles. The molecule has 0 atom stereocenters. The Kier molecular flexibility index (Phi) is 4.15. The lowest BCUT2D eigenvalue weighted by molar-refractivity contribution is 0.616. The van der Waals surface area contributed by atoms with Crippen molar-refractivity contribution in [3.63, 3.8) is 0 Å². The highest BCUT2D eigenvalue weighted by molar-refractivity contribution is 6.17. The Morgan fingerprint density at radius 3 is 2.72 bits per heavy atom. The molecule has 2 aromatic rings. The topological polar surface area (TPSA) is 16.1 Å². The number of nitrogens with zero attached hydrogens (tertiary/aromatic N) is 2. The van der Waals surface area contributed by atoms with Gasteiger partial charge in [0.2, 0.25) is 0 Å². The molecule has 0 spiro atoms. The van der Waals surface area contributed by atoms with Crippen molar-refractivity contribution in [2.75, 3.05) is 11.9 Å². The smallest absolute Gasteiger partial charge is 0.129 e. The predicted octanol–water partition coefficient (Wildman–Crippen LogP) is 3.60. The Balaban J connectivity index is 2.24. The van der Waals surface area contributed by atoms with E-state index in [1.165, 1.54) is 6.07 Å². The molecule has 0 unspecified atom stereocenters. The third kappa shape index (κ3) is 2.79. The van der Waals surface area contributed by atoms with E-state index in [-0.39, 0.29) is 11.7 Å². The Morgan fingerprint density at radius 2 is 2.06 bits per heavy atom. The van der Waals surface area contributed by atoms with E-state index in [1.807, 2.05) is 36.2 Å². The molecule has 2 nitrogen and oxygen atoms in total. The van der Waals surface area contributed by atoms with Crippen LogP contribution in [0.1, 0.15) is 11.3 Å². The molecule has 0 bridgehead atoms. The number of halogens is 2. The van der Waals surface area contributed by atoms with Gasteiger partial charge in [-0.1, -0.05) is 12.1 Å². The maximum absolute atomic E-state index is 13.6. The van der Waals surface area contributed by atoms with Crippen LogP contribution in [0.25, 0.3) is 0 Å². The summed E-state index contributed by atoms with van der Waals surface area (Å²) in [4.78, 5) is 6.20. The van der Waals surface area contributed by atoms with Crippen LogP contribution in [-0.2, 0) is 12.4 Å². The molecule has 0 fully saturated rings. The number of hydrogen-bond acceptors (Lipinski definition) is 2. The van der Waals surface area contributed by atoms with E-state index in [4.69, 9.17) is 11.6 Å². The standard InChI is InChI=1S/C14H14ClFN2/c1-18(10-11-5-2-3-8-17-11)14-7-4-6-13(16)12(14)9-15/h2-8H,9-10H2,1H3. The van der Waals surface area contributed by atoms with Crippen LogP contribution in [0, 0.1) is 5.82 Å². The normalized spacial score (nSPS) is 10.4. The summed E-state index contributed by atoms with van der Waals surface area (Å²) in [7, 11) is 1.90. The van der Waals surface area contributed by atoms with Gasteiger partial charge in [-0.05, 0) is 24.3 Å². The summed E-state index contributed by atoms with van der Waals surface area (Å²) in [6.07, 6.45) is 1.75. The molecule has 0 aliphatic rings. The molecule has 1 heterocycles. The molecule has 0 aliphatic carbocycles. The molecule has 18 heavy (non-hydrogen) atoms. The number of aromatic nitrogens is 1. The first-order valence-corrected chi connectivity index (χ1v) is 6.20. The number of rotatable bonds is 4. The van der Waals surface area contributed by atoms with Crippen molar-refractivity contribution in [3.05, 3.63) is 59.7 Å². The number of benzene rings is 1. The number of pyridine rings is 1. The van der Waals surface area contributed by atoms with Crippen molar-refractivity contribution in [1.29, 1.82) is 0 Å². The van der Waals surface area contributed by atoms with Gasteiger partial charge in [0.05, 0.1) is 18.1 Å². The number of hydrogen-bond donors (Lipinski definition) is 0. The molecule has 2 rings (SSSR count). The van der Waals surface area contributed by atoms with Crippen LogP contribution in [0.5, 0.6) is 0 Å². The number of alkyl halides is 1. The molecule has 94 valence electrons. The number of anilines is 1. The lowest BCUT2D eigenvalue weighted by Crippen LogP contribution is -2.19. The highest BCUT2D eigenvalue weighted by Crippen LogP contribution is 2.24. The van der Waals surface area contributed by atoms with Crippen molar-refractivity contribution in [2.45, 2.75) is 12.4 Å². The van der Waals surface area contributed by atoms with Crippen molar-refractivity contribution < 1.29 is 4.39 Å². The predicted molar refractivity (Wildman–Crippen MR) is 72.3 cm³/mol. The third-order valence-corrected chi connectivity index (χ3v) is 3.03. The van der Waals surface area contributed by atoms with E-state index in [9.17, 15) is 4.39 Å². The van der Waals surface area contributed by atoms with Crippen molar-refractivity contribution in [2.24, 2.45) is 0 Å². The van der Waals surface area contributed by atoms with Gasteiger partial charge in [0, 0.05) is 24.5 Å². The molecule has 4 heteroatoms. The minimum Gasteiger partial charge on any atom is -0.368 e. The van der Waals surface area contributed by atoms with Gasteiger partial charge in [-0.15, -0.1) is 11.6 Å². The first-order chi connectivity index (χ1) is 8.72. The van der Waals surface area contributed by atoms with E-state index in [2.05, 4.69) is 4.98 Å². The lowest BCUT2D eigenvalue weighted by atomic mass is 10.1. The zero-order valence-electron chi connectivity index (χ0n) is 10.1. The first kappa shape index (κ1) is 12.8. The van der Waals surface area contributed by atoms with Crippen LogP contribution in [0.3, 0.4) is 0 Å². The maximum atomic E-state index is 13.6. The minimum atomic E-state index is -0.268. The van der Waals surface area contributed by atoms with Crippen molar-refractivity contribution in [1.82, 2.24) is 4.98 Å². The third-order valence-electron chi connectivity index (χ3n) is 2.76. The van der Waals surface area contributed by atoms with Crippen LogP contribution in [0.4, 0.5) is 10.1 Å². The molecule has 0 saturated carbocycles. The molecule has 0 N–H and O–H groups in total. The van der Waals surface area contributed by atoms with Crippen molar-refractivity contribution in [3.8, 4) is 0 Å². The van der Waals surface area contributed by atoms with Gasteiger partial charge in [0.15, 0.2) is 0 Å². The summed E-state index contributed by atoms with van der Waals surface area (Å²) in [6, 6.07) is 10.7. The van der Waals surface area contributed by atoms with Gasteiger partial charge in [-0.3, -0.25) is 4.98 Å². The van der Waals surface area contributed by atoms with Gasteiger partial charge in [-0.2, -0.15) is 0 Å². The summed E-state index contributed by atoms with van der Waals surface area (Å²) < 4.78 is 13.6. The Morgan fingerprint density at radius 1 is 1.22 bits per heavy atom. The SMILES string of the molecule is CN(Cc1ccccn1)c1cccc(F)c1CCl. The van der Waals surface area contributed by atoms with E-state index < -0.39 is 0 Å². The van der Waals surface area contributed by atoms with E-state index in [0.29, 0.717) is 12.1 Å². The molecule has 0 radical (unpaired) electrons. The minimum absolute atomic E-state index is 0.161. The molecule has 1 aromatic carbocycles. The average Bonchev–Trinajstić information content (AvgIpc) is 2.39. The molecule has 1 aromatic heterocycles. The quantitative estimate of drug-likeness (QED) is 0.785. The first-order valence-electron chi connectivity index (χ1n) is 5.66. The van der Waals surface area contributed by atoms with Gasteiger partial charge >= 0.3 is 0 Å². The fourth-order valence-electron chi connectivity index (χ4n) is 1.86. The second-order valence-corrected chi connectivity index (χ2v) is 4.32. The molecular weight excluding hydrogens is 251 g/mol. The van der Waals surface area contributed by atoms with Crippen molar-refractivity contribution >= 4 is 17.3 Å². The highest BCUT2D eigenvalue weighted by atomic mass is 35.5. The Bertz CT molecular complexity index is 516. The molecule has 0 amide bonds. The van der Waals surface area contributed by atoms with Crippen LogP contribution in [0.2, 0.25) is 0 Å². The van der Waals surface area contributed by atoms with Gasteiger partial charge in [-0.25, -0.2) is 4.39 Å². The lowest BCUT2D eigenvalue weighted by Gasteiger charge is -2.21. The van der Waals surface area contributed by atoms with Gasteiger partial charge in [0.25, 0.3) is 0 Å². The second-order valence-electron chi connectivity index (χ2n) is 4.05. The van der Waals surface area contributed by atoms with Gasteiger partial charge < -0.3 is 4.90 Å². The summed E-state index contributed by atoms with van der Waals surface area (Å²) in [5, 5.41) is 0. The summed E-state index contributed by atoms with van der Waals surface area (Å²) in [5.41, 5.74) is 2.26. The van der Waals surface area contributed by atoms with Crippen LogP contribution in [-0.4, -0.2) is 12.0 Å². The zero-order valence-corrected chi connectivity index (χ0v) is 10.9. The maximum Gasteiger partial charge on any atom is 0.129 e. The fraction of sp³-hybridized carbons (Fsp3) is 0.214. The summed E-state index contributed by atoms with van der Waals surface area (Å²) in [5.74, 6) is -0.107. The largest absolute Gasteiger partial charge is 0.368 e. The molecular formula is C14H14ClFN2. The van der Waals surface area contributed by atoms with Gasteiger partial charge in [0.1, 0.15) is 5.82 Å². The van der Waals surface area contributed by atoms with Crippen LogP contribution in [0.15, 0.2) is 42.6 Å². The van der Waals surface area contributed by atoms with Crippen LogP contribution < -0.4 is 4.90 Å². The monoisotopic (exact) mass is 264 g/mol. The highest BCUT2D eigenvalue weighted by Gasteiger charge is 2.11. The zero-order chi connectivity index (χ0) is 13.0.